The minimum absolute atomic E-state index is 0.273. The topological polar surface area (TPSA) is 134 Å². The maximum atomic E-state index is 11.9. The van der Waals surface area contributed by atoms with E-state index in [9.17, 15) is 24.6 Å². The van der Waals surface area contributed by atoms with Crippen molar-refractivity contribution in [3.8, 4) is 0 Å². The number of nitrogens with one attached hydrogen (secondary N) is 2. The van der Waals surface area contributed by atoms with E-state index in [4.69, 9.17) is 4.74 Å². The second kappa shape index (κ2) is 5.53. The van der Waals surface area contributed by atoms with Crippen LogP contribution in [0.5, 0.6) is 0 Å². The van der Waals surface area contributed by atoms with Gasteiger partial charge in [0, 0.05) is 11.8 Å². The Morgan fingerprint density at radius 3 is 2.76 bits per heavy atom. The first-order valence-corrected chi connectivity index (χ1v) is 6.32. The monoisotopic (exact) mass is 299 g/mol. The number of aliphatic hydroxyl groups excluding tert-OH is 2. The second-order valence-electron chi connectivity index (χ2n) is 4.98. The van der Waals surface area contributed by atoms with Crippen LogP contribution in [0.15, 0.2) is 15.8 Å². The van der Waals surface area contributed by atoms with Crippen LogP contribution >= 0.6 is 0 Å². The first kappa shape index (κ1) is 15.6. The van der Waals surface area contributed by atoms with E-state index in [1.54, 1.807) is 0 Å². The normalized spacial score (nSPS) is 32.3. The number of aryl methyl sites for hydroxylation is 1. The van der Waals surface area contributed by atoms with Gasteiger partial charge < -0.3 is 20.3 Å². The number of likely N-dealkylation sites (N-methyl/N-ethyl adjacent to an activating group) is 1. The first-order valence-electron chi connectivity index (χ1n) is 6.32. The second-order valence-corrected chi connectivity index (χ2v) is 4.98. The zero-order valence-corrected chi connectivity index (χ0v) is 11.6. The van der Waals surface area contributed by atoms with Crippen molar-refractivity contribution in [1.29, 1.82) is 0 Å². The summed E-state index contributed by atoms with van der Waals surface area (Å²) in [7, 11) is 1.52. The summed E-state index contributed by atoms with van der Waals surface area (Å²) in [5, 5.41) is 22.3. The summed E-state index contributed by atoms with van der Waals surface area (Å²) >= 11 is 0. The van der Waals surface area contributed by atoms with Gasteiger partial charge in [0.2, 0.25) is 0 Å². The van der Waals surface area contributed by atoms with Gasteiger partial charge in [-0.15, -0.1) is 0 Å². The van der Waals surface area contributed by atoms with Crippen LogP contribution in [0.2, 0.25) is 0 Å². The van der Waals surface area contributed by atoms with Crippen molar-refractivity contribution >= 4 is 6.29 Å². The molecule has 1 aliphatic heterocycles. The minimum Gasteiger partial charge on any atom is -0.393 e. The van der Waals surface area contributed by atoms with Gasteiger partial charge in [-0.3, -0.25) is 19.1 Å². The Labute approximate surface area is 119 Å². The van der Waals surface area contributed by atoms with Gasteiger partial charge in [0.05, 0.1) is 12.6 Å². The van der Waals surface area contributed by atoms with Gasteiger partial charge in [0.15, 0.2) is 18.1 Å². The van der Waals surface area contributed by atoms with Crippen LogP contribution in [0.4, 0.5) is 0 Å². The fraction of sp³-hybridized carbons (Fsp3) is 0.583. The third-order valence-corrected chi connectivity index (χ3v) is 3.69. The number of aliphatic hydroxyl groups is 2. The van der Waals surface area contributed by atoms with Crippen molar-refractivity contribution in [2.45, 2.75) is 30.9 Å². The number of hydrogen-bond acceptors (Lipinski definition) is 7. The molecule has 0 bridgehead atoms. The van der Waals surface area contributed by atoms with E-state index in [-0.39, 0.29) is 5.56 Å². The fourth-order valence-corrected chi connectivity index (χ4v) is 2.40. The summed E-state index contributed by atoms with van der Waals surface area (Å²) in [6.07, 6.45) is -0.813. The lowest BCUT2D eigenvalue weighted by atomic mass is 9.96. The number of aldehydes is 1. The lowest BCUT2D eigenvalue weighted by molar-refractivity contribution is -0.151. The lowest BCUT2D eigenvalue weighted by Gasteiger charge is -2.23. The van der Waals surface area contributed by atoms with Gasteiger partial charge in [-0.1, -0.05) is 0 Å². The molecule has 9 nitrogen and oxygen atoms in total. The molecule has 0 spiro atoms. The molecule has 0 aromatic carbocycles. The van der Waals surface area contributed by atoms with Crippen LogP contribution in [0.3, 0.4) is 0 Å². The molecule has 0 aliphatic carbocycles. The van der Waals surface area contributed by atoms with E-state index >= 15 is 0 Å². The van der Waals surface area contributed by atoms with Crippen LogP contribution in [0, 0.1) is 6.92 Å². The summed E-state index contributed by atoms with van der Waals surface area (Å²) in [4.78, 5) is 36.6. The van der Waals surface area contributed by atoms with E-state index in [0.717, 1.165) is 4.57 Å². The van der Waals surface area contributed by atoms with E-state index in [1.807, 2.05) is 0 Å². The molecule has 1 fully saturated rings. The number of carbonyl (C=O) groups is 1. The van der Waals surface area contributed by atoms with E-state index in [2.05, 4.69) is 10.3 Å². The molecule has 2 heterocycles. The average Bonchev–Trinajstić information content (AvgIpc) is 2.75. The van der Waals surface area contributed by atoms with Gasteiger partial charge in [0.1, 0.15) is 6.10 Å². The SMILES string of the molecule is CNC1C(O)[C@@](C=O)(CO)O[C@H]1n1cc(C)c(=O)[nH]c1=O. The highest BCUT2D eigenvalue weighted by Crippen LogP contribution is 2.34. The van der Waals surface area contributed by atoms with Crippen molar-refractivity contribution in [2.24, 2.45) is 0 Å². The number of rotatable bonds is 4. The van der Waals surface area contributed by atoms with Crippen LogP contribution in [-0.4, -0.2) is 57.5 Å². The number of ether oxygens (including phenoxy) is 1. The number of aromatic nitrogens is 2. The smallest absolute Gasteiger partial charge is 0.330 e. The third kappa shape index (κ3) is 2.33. The molecule has 0 amide bonds. The Morgan fingerprint density at radius 2 is 2.24 bits per heavy atom. The summed E-state index contributed by atoms with van der Waals surface area (Å²) in [6, 6.07) is -0.814. The van der Waals surface area contributed by atoms with Crippen LogP contribution < -0.4 is 16.6 Å². The van der Waals surface area contributed by atoms with Gasteiger partial charge in [0.25, 0.3) is 5.56 Å². The van der Waals surface area contributed by atoms with Gasteiger partial charge in [-0.25, -0.2) is 4.79 Å². The largest absolute Gasteiger partial charge is 0.393 e. The fourth-order valence-electron chi connectivity index (χ4n) is 2.40. The van der Waals surface area contributed by atoms with Gasteiger partial charge in [-0.05, 0) is 14.0 Å². The van der Waals surface area contributed by atoms with E-state index in [0.29, 0.717) is 6.29 Å². The number of aromatic amines is 1. The predicted octanol–water partition coefficient (Wildman–Crippen LogP) is -2.75. The maximum Gasteiger partial charge on any atom is 0.330 e. The summed E-state index contributed by atoms with van der Waals surface area (Å²) in [5.41, 5.74) is -2.81. The Bertz CT molecular complexity index is 653. The molecule has 116 valence electrons. The standard InChI is InChI=1S/C12H17N3O6/c1-6-3-15(11(20)14-9(6)19)10-7(13-2)8(18)12(4-16,5-17)21-10/h3-4,7-8,10,13,17-18H,5H2,1-2H3,(H,14,19,20)/t7?,8?,10-,12-/m1/s1. The molecule has 1 saturated heterocycles. The van der Waals surface area contributed by atoms with Crippen LogP contribution in [0.1, 0.15) is 11.8 Å². The van der Waals surface area contributed by atoms with Crippen molar-refractivity contribution in [3.63, 3.8) is 0 Å². The van der Waals surface area contributed by atoms with E-state index in [1.165, 1.54) is 20.2 Å². The predicted molar refractivity (Wildman–Crippen MR) is 70.9 cm³/mol. The van der Waals surface area contributed by atoms with Gasteiger partial charge in [-0.2, -0.15) is 0 Å². The maximum absolute atomic E-state index is 11.9. The summed E-state index contributed by atoms with van der Waals surface area (Å²) in [6.45, 7) is 0.775. The Hall–Kier alpha value is -1.81. The zero-order valence-electron chi connectivity index (χ0n) is 11.6. The van der Waals surface area contributed by atoms with Gasteiger partial charge >= 0.3 is 5.69 Å². The molecular weight excluding hydrogens is 282 g/mol. The molecule has 1 aromatic rings. The molecule has 9 heteroatoms. The van der Waals surface area contributed by atoms with Crippen molar-refractivity contribution in [2.75, 3.05) is 13.7 Å². The van der Waals surface area contributed by atoms with Crippen LogP contribution in [0.25, 0.3) is 0 Å². The lowest BCUT2D eigenvalue weighted by Crippen LogP contribution is -2.51. The average molecular weight is 299 g/mol. The molecule has 1 aromatic heterocycles. The molecule has 1 aliphatic rings. The molecule has 0 radical (unpaired) electrons. The molecule has 2 rings (SSSR count). The molecular formula is C12H17N3O6. The van der Waals surface area contributed by atoms with Crippen molar-refractivity contribution < 1.29 is 19.7 Å². The number of H-pyrrole nitrogens is 1. The highest BCUT2D eigenvalue weighted by Gasteiger charge is 2.55. The Balaban J connectivity index is 2.54. The van der Waals surface area contributed by atoms with Crippen molar-refractivity contribution in [1.82, 2.24) is 14.9 Å². The number of hydrogen-bond donors (Lipinski definition) is 4. The third-order valence-electron chi connectivity index (χ3n) is 3.69. The molecule has 21 heavy (non-hydrogen) atoms. The molecule has 2 unspecified atom stereocenters. The Kier molecular flexibility index (Phi) is 4.10. The minimum atomic E-state index is -1.82. The molecule has 0 saturated carbocycles. The van der Waals surface area contributed by atoms with Crippen LogP contribution in [-0.2, 0) is 9.53 Å². The zero-order chi connectivity index (χ0) is 15.8. The highest BCUT2D eigenvalue weighted by molar-refractivity contribution is 5.65. The van der Waals surface area contributed by atoms with E-state index < -0.39 is 41.8 Å². The quantitative estimate of drug-likeness (QED) is 0.443. The molecule has 4 N–H and O–H groups in total. The molecule has 4 atom stereocenters. The number of carbonyl (C=O) groups excluding carboxylic acids is 1. The summed E-state index contributed by atoms with van der Waals surface area (Å²) in [5.74, 6) is 0. The number of nitrogens with zero attached hydrogens (tertiary/aromatic N) is 1. The summed E-state index contributed by atoms with van der Waals surface area (Å²) < 4.78 is 6.51. The Morgan fingerprint density at radius 1 is 1.57 bits per heavy atom. The first-order chi connectivity index (χ1) is 9.90. The van der Waals surface area contributed by atoms with Crippen molar-refractivity contribution in [3.05, 3.63) is 32.6 Å². The highest BCUT2D eigenvalue weighted by atomic mass is 16.6.